The fourth-order valence-electron chi connectivity index (χ4n) is 4.22. The van der Waals surface area contributed by atoms with Gasteiger partial charge in [0.1, 0.15) is 12.4 Å². The van der Waals surface area contributed by atoms with Crippen LogP contribution in [0.5, 0.6) is 5.75 Å². The summed E-state index contributed by atoms with van der Waals surface area (Å²) in [6.45, 7) is 5.56. The molecule has 4 N–H and O–H groups in total. The van der Waals surface area contributed by atoms with Crippen molar-refractivity contribution < 1.29 is 28.8 Å². The van der Waals surface area contributed by atoms with Crippen molar-refractivity contribution >= 4 is 39.7 Å². The average molecular weight is 510 g/mol. The zero-order chi connectivity index (χ0) is 25.1. The second-order valence-electron chi connectivity index (χ2n) is 9.49. The molecular weight excluding hydrogens is 474 g/mol. The van der Waals surface area contributed by atoms with Gasteiger partial charge in [0.15, 0.2) is 5.60 Å². The maximum absolute atomic E-state index is 11.4. The first-order valence-electron chi connectivity index (χ1n) is 11.3. The van der Waals surface area contributed by atoms with Gasteiger partial charge in [-0.2, -0.15) is 10.6 Å². The summed E-state index contributed by atoms with van der Waals surface area (Å²) in [6, 6.07) is 13.4. The number of nitrogens with zero attached hydrogens (tertiary/aromatic N) is 1. The predicted octanol–water partition coefficient (Wildman–Crippen LogP) is 6.08. The summed E-state index contributed by atoms with van der Waals surface area (Å²) in [4.78, 5) is 14.6. The number of unbranched alkanes of at least 4 members (excludes halogenated alkanes) is 1. The van der Waals surface area contributed by atoms with Crippen LogP contribution in [0.4, 0.5) is 11.4 Å². The van der Waals surface area contributed by atoms with Crippen LogP contribution >= 0.6 is 22.4 Å². The Hall–Kier alpha value is -1.91. The largest absolute Gasteiger partial charge is 0.489 e. The minimum Gasteiger partial charge on any atom is -0.489 e. The number of para-hydroxylation sites is 1. The molecule has 0 saturated carbocycles. The summed E-state index contributed by atoms with van der Waals surface area (Å²) in [5.41, 5.74) is -0.747. The van der Waals surface area contributed by atoms with E-state index in [-0.39, 0.29) is 11.2 Å². The number of carbonyl (C=O) groups is 1. The molecule has 34 heavy (non-hydrogen) atoms. The molecule has 2 atom stereocenters. The maximum atomic E-state index is 11.4. The van der Waals surface area contributed by atoms with Gasteiger partial charge in [0.2, 0.25) is 0 Å². The number of thioether (sulfide) groups is 1. The first-order valence-corrected chi connectivity index (χ1v) is 14.3. The maximum Gasteiger partial charge on any atom is 0.339 e. The van der Waals surface area contributed by atoms with E-state index in [1.165, 1.54) is 18.7 Å². The number of benzene rings is 2. The molecule has 0 radical (unpaired) electrons. The van der Waals surface area contributed by atoms with Crippen LogP contribution in [0, 0.1) is 5.41 Å². The third-order valence-corrected chi connectivity index (χ3v) is 9.04. The minimum atomic E-state index is -3.18. The van der Waals surface area contributed by atoms with Crippen molar-refractivity contribution in [1.82, 2.24) is 0 Å². The molecule has 2 unspecified atom stereocenters. The van der Waals surface area contributed by atoms with Crippen molar-refractivity contribution in [3.63, 3.8) is 0 Å². The summed E-state index contributed by atoms with van der Waals surface area (Å²) in [5.74, 6) is -0.849. The van der Waals surface area contributed by atoms with E-state index < -0.39 is 28.8 Å². The van der Waals surface area contributed by atoms with Crippen LogP contribution in [0.2, 0.25) is 0 Å². The Bertz CT molecular complexity index is 1010. The fraction of sp³-hybridized carbons (Fsp3) is 0.480. The van der Waals surface area contributed by atoms with Crippen LogP contribution in [-0.2, 0) is 4.79 Å². The van der Waals surface area contributed by atoms with Gasteiger partial charge in [-0.25, -0.2) is 4.79 Å². The van der Waals surface area contributed by atoms with Gasteiger partial charge in [0.05, 0.1) is 15.5 Å². The number of aliphatic carboxylic acids is 1. The van der Waals surface area contributed by atoms with Crippen molar-refractivity contribution in [2.45, 2.75) is 55.4 Å². The molecule has 1 aliphatic rings. The highest BCUT2D eigenvalue weighted by atomic mass is 32.3. The smallest absolute Gasteiger partial charge is 0.339 e. The van der Waals surface area contributed by atoms with Crippen LogP contribution in [0.3, 0.4) is 0 Å². The van der Waals surface area contributed by atoms with E-state index in [4.69, 9.17) is 4.74 Å². The number of rotatable bonds is 9. The molecule has 9 heteroatoms. The Kier molecular flexibility index (Phi) is 8.14. The lowest BCUT2D eigenvalue weighted by Crippen LogP contribution is -2.41. The molecule has 0 aromatic heterocycles. The van der Waals surface area contributed by atoms with E-state index in [1.54, 1.807) is 6.07 Å². The molecule has 0 fully saturated rings. The molecule has 2 aromatic carbocycles. The van der Waals surface area contributed by atoms with E-state index in [0.29, 0.717) is 27.8 Å². The van der Waals surface area contributed by atoms with E-state index in [0.717, 1.165) is 24.9 Å². The van der Waals surface area contributed by atoms with Gasteiger partial charge in [0, 0.05) is 29.5 Å². The second kappa shape index (κ2) is 10.4. The van der Waals surface area contributed by atoms with Gasteiger partial charge in [-0.1, -0.05) is 44.9 Å². The molecule has 2 aromatic rings. The summed E-state index contributed by atoms with van der Waals surface area (Å²) >= 11 is 1.41. The summed E-state index contributed by atoms with van der Waals surface area (Å²) in [7, 11) is -3.18. The number of aliphatic hydroxyl groups is 1. The van der Waals surface area contributed by atoms with Gasteiger partial charge in [-0.3, -0.25) is 9.11 Å². The van der Waals surface area contributed by atoms with Crippen molar-refractivity contribution in [1.29, 1.82) is 0 Å². The van der Waals surface area contributed by atoms with Gasteiger partial charge < -0.3 is 19.8 Å². The van der Waals surface area contributed by atoms with Gasteiger partial charge in [-0.15, -0.1) is 11.8 Å². The Morgan fingerprint density at radius 3 is 2.53 bits per heavy atom. The average Bonchev–Trinajstić information content (AvgIpc) is 2.87. The van der Waals surface area contributed by atoms with Crippen molar-refractivity contribution in [3.8, 4) is 5.75 Å². The summed E-state index contributed by atoms with van der Waals surface area (Å²) in [6.07, 6.45) is 4.73. The molecule has 7 nitrogen and oxygen atoms in total. The number of ether oxygens (including phenoxy) is 1. The number of carboxylic acid groups (broad SMARTS) is 1. The summed E-state index contributed by atoms with van der Waals surface area (Å²) < 4.78 is 28.6. The molecule has 1 heterocycles. The SMILES string of the molecule is CCCCC1(C)CN(c2ccccc2)c2cc(SC)c(OCC(C)(O)C(=O)O)cc2S(O)(O)C1. The number of hydrogen-bond acceptors (Lipinski definition) is 7. The zero-order valence-corrected chi connectivity index (χ0v) is 21.8. The lowest BCUT2D eigenvalue weighted by molar-refractivity contribution is -0.159. The van der Waals surface area contributed by atoms with E-state index in [9.17, 15) is 24.1 Å². The van der Waals surface area contributed by atoms with Crippen molar-refractivity contribution in [2.75, 3.05) is 30.1 Å². The lowest BCUT2D eigenvalue weighted by Gasteiger charge is -2.39. The topological polar surface area (TPSA) is 110 Å². The van der Waals surface area contributed by atoms with Crippen LogP contribution < -0.4 is 9.64 Å². The minimum absolute atomic E-state index is 0.223. The number of fused-ring (bicyclic) bond motifs is 1. The molecule has 188 valence electrons. The Morgan fingerprint density at radius 2 is 1.94 bits per heavy atom. The Labute approximate surface area is 207 Å². The van der Waals surface area contributed by atoms with Crippen LogP contribution in [0.1, 0.15) is 40.0 Å². The van der Waals surface area contributed by atoms with Gasteiger partial charge >= 0.3 is 5.97 Å². The molecule has 0 spiro atoms. The van der Waals surface area contributed by atoms with E-state index in [2.05, 4.69) is 18.7 Å². The normalized spacial score (nSPS) is 22.3. The molecule has 0 saturated heterocycles. The third kappa shape index (κ3) is 5.83. The highest BCUT2D eigenvalue weighted by molar-refractivity contribution is 8.24. The molecule has 0 bridgehead atoms. The van der Waals surface area contributed by atoms with Crippen LogP contribution in [-0.4, -0.2) is 56.0 Å². The second-order valence-corrected chi connectivity index (χ2v) is 12.4. The van der Waals surface area contributed by atoms with Gasteiger partial charge in [0.25, 0.3) is 0 Å². The molecule has 0 amide bonds. The number of carboxylic acids is 1. The fourth-order valence-corrected chi connectivity index (χ4v) is 6.94. The first kappa shape index (κ1) is 26.7. The highest BCUT2D eigenvalue weighted by Gasteiger charge is 2.40. The van der Waals surface area contributed by atoms with E-state index in [1.807, 2.05) is 42.7 Å². The van der Waals surface area contributed by atoms with Crippen LogP contribution in [0.15, 0.2) is 52.3 Å². The number of hydrogen-bond donors (Lipinski definition) is 4. The summed E-state index contributed by atoms with van der Waals surface area (Å²) in [5, 5.41) is 19.3. The predicted molar refractivity (Wildman–Crippen MR) is 139 cm³/mol. The third-order valence-electron chi connectivity index (χ3n) is 6.15. The Morgan fingerprint density at radius 1 is 1.26 bits per heavy atom. The standard InChI is InChI=1S/C25H35NO6S2/c1-5-6-12-24(2)15-26(18-10-8-7-9-11-18)19-13-21(33-4)20(14-22(19)34(30,31)17-24)32-16-25(3,29)23(27)28/h7-11,13-14,29-31H,5-6,12,15-17H2,1-4H3,(H,27,28). The van der Waals surface area contributed by atoms with Crippen molar-refractivity contribution in [3.05, 3.63) is 42.5 Å². The van der Waals surface area contributed by atoms with Gasteiger partial charge in [-0.05, 0) is 37.8 Å². The first-order chi connectivity index (χ1) is 15.9. The zero-order valence-electron chi connectivity index (χ0n) is 20.2. The monoisotopic (exact) mass is 509 g/mol. The molecule has 1 aliphatic heterocycles. The van der Waals surface area contributed by atoms with Crippen molar-refractivity contribution in [2.24, 2.45) is 5.41 Å². The van der Waals surface area contributed by atoms with E-state index >= 15 is 0 Å². The number of anilines is 2. The highest BCUT2D eigenvalue weighted by Crippen LogP contribution is 2.61. The quantitative estimate of drug-likeness (QED) is 0.301. The molecule has 3 rings (SSSR count). The molecular formula is C25H35NO6S2. The Balaban J connectivity index is 2.14. The lowest BCUT2D eigenvalue weighted by atomic mass is 9.86. The molecule has 0 aliphatic carbocycles. The van der Waals surface area contributed by atoms with Crippen LogP contribution in [0.25, 0.3) is 0 Å².